The van der Waals surface area contributed by atoms with Gasteiger partial charge in [-0.3, -0.25) is 4.98 Å². The minimum atomic E-state index is -4.77. The molecule has 0 N–H and O–H groups in total. The molecule has 0 bridgehead atoms. The Balaban J connectivity index is 2.12. The molecule has 0 aliphatic heterocycles. The lowest BCUT2D eigenvalue weighted by molar-refractivity contribution is -0.274. The van der Waals surface area contributed by atoms with Gasteiger partial charge in [0.1, 0.15) is 17.1 Å². The van der Waals surface area contributed by atoms with E-state index < -0.39 is 6.36 Å². The number of halogens is 4. The van der Waals surface area contributed by atoms with Crippen molar-refractivity contribution < 1.29 is 17.9 Å². The number of aromatic nitrogens is 3. The summed E-state index contributed by atoms with van der Waals surface area (Å²) in [5, 5.41) is 0.121. The lowest BCUT2D eigenvalue weighted by atomic mass is 10.1. The molecule has 0 unspecified atom stereocenters. The van der Waals surface area contributed by atoms with Gasteiger partial charge in [0, 0.05) is 24.2 Å². The first kappa shape index (κ1) is 20.5. The summed E-state index contributed by atoms with van der Waals surface area (Å²) in [4.78, 5) is 9.18. The maximum atomic E-state index is 12.4. The smallest absolute Gasteiger partial charge is 0.406 e. The number of aryl methyl sites for hydroxylation is 1. The third kappa shape index (κ3) is 4.09. The molecular weight excluding hydrogens is 391 g/mol. The molecule has 8 heteroatoms. The number of alkyl halides is 3. The van der Waals surface area contributed by atoms with Gasteiger partial charge in [0.05, 0.1) is 16.2 Å². The molecule has 0 radical (unpaired) electrons. The number of benzene rings is 1. The number of hydrogen-bond donors (Lipinski definition) is 0. The highest BCUT2D eigenvalue weighted by Gasteiger charge is 2.31. The minimum Gasteiger partial charge on any atom is -0.406 e. The van der Waals surface area contributed by atoms with Crippen molar-refractivity contribution in [2.45, 2.75) is 52.4 Å². The number of hydrogen-bond acceptors (Lipinski definition) is 3. The maximum Gasteiger partial charge on any atom is 0.573 e. The number of fused-ring (bicyclic) bond motifs is 1. The highest BCUT2D eigenvalue weighted by atomic mass is 35.5. The van der Waals surface area contributed by atoms with Gasteiger partial charge in [0.2, 0.25) is 0 Å². The molecule has 3 rings (SSSR count). The van der Waals surface area contributed by atoms with Crippen LogP contribution in [0.25, 0.3) is 22.3 Å². The Morgan fingerprint density at radius 2 is 1.96 bits per heavy atom. The zero-order valence-electron chi connectivity index (χ0n) is 15.8. The summed E-state index contributed by atoms with van der Waals surface area (Å²) in [6.45, 7) is 6.33. The molecule has 4 nitrogen and oxygen atoms in total. The summed E-state index contributed by atoms with van der Waals surface area (Å²) < 4.78 is 43.5. The van der Waals surface area contributed by atoms with E-state index in [-0.39, 0.29) is 16.8 Å². The summed E-state index contributed by atoms with van der Waals surface area (Å²) in [6.07, 6.45) is -0.277. The Labute approximate surface area is 166 Å². The molecule has 0 saturated carbocycles. The summed E-state index contributed by atoms with van der Waals surface area (Å²) in [7, 11) is 0. The van der Waals surface area contributed by atoms with Gasteiger partial charge in [-0.15, -0.1) is 13.2 Å². The van der Waals surface area contributed by atoms with Crippen molar-refractivity contribution in [3.63, 3.8) is 0 Å². The Morgan fingerprint density at radius 1 is 1.21 bits per heavy atom. The van der Waals surface area contributed by atoms with E-state index in [4.69, 9.17) is 16.6 Å². The number of ether oxygens (including phenoxy) is 1. The third-order valence-electron chi connectivity index (χ3n) is 4.57. The van der Waals surface area contributed by atoms with Gasteiger partial charge in [-0.1, -0.05) is 31.9 Å². The fourth-order valence-electron chi connectivity index (χ4n) is 3.44. The van der Waals surface area contributed by atoms with Crippen LogP contribution in [0.2, 0.25) is 5.02 Å². The van der Waals surface area contributed by atoms with Crippen molar-refractivity contribution in [1.82, 2.24) is 14.5 Å². The summed E-state index contributed by atoms with van der Waals surface area (Å²) in [6, 6.07) is 6.03. The molecule has 0 spiro atoms. The van der Waals surface area contributed by atoms with Crippen molar-refractivity contribution in [3.8, 4) is 17.0 Å². The fourth-order valence-corrected chi connectivity index (χ4v) is 3.70. The highest BCUT2D eigenvalue weighted by Crippen LogP contribution is 2.36. The van der Waals surface area contributed by atoms with Crippen LogP contribution in [0, 0.1) is 0 Å². The van der Waals surface area contributed by atoms with Gasteiger partial charge >= 0.3 is 6.36 Å². The van der Waals surface area contributed by atoms with E-state index in [2.05, 4.69) is 28.1 Å². The van der Waals surface area contributed by atoms with E-state index in [9.17, 15) is 13.2 Å². The molecule has 0 aliphatic rings. The van der Waals surface area contributed by atoms with E-state index in [0.29, 0.717) is 16.8 Å². The molecule has 0 amide bonds. The maximum absolute atomic E-state index is 12.4. The predicted molar refractivity (Wildman–Crippen MR) is 104 cm³/mol. The predicted octanol–water partition coefficient (Wildman–Crippen LogP) is 6.57. The van der Waals surface area contributed by atoms with Gasteiger partial charge in [-0.05, 0) is 37.6 Å². The highest BCUT2D eigenvalue weighted by molar-refractivity contribution is 6.33. The van der Waals surface area contributed by atoms with Crippen molar-refractivity contribution >= 4 is 22.6 Å². The van der Waals surface area contributed by atoms with Crippen LogP contribution in [0.5, 0.6) is 5.75 Å². The monoisotopic (exact) mass is 411 g/mol. The van der Waals surface area contributed by atoms with Crippen molar-refractivity contribution in [3.05, 3.63) is 41.3 Å². The Morgan fingerprint density at radius 3 is 2.57 bits per heavy atom. The molecule has 28 heavy (non-hydrogen) atoms. The minimum absolute atomic E-state index is 0.121. The van der Waals surface area contributed by atoms with Crippen LogP contribution in [0.15, 0.2) is 30.5 Å². The van der Waals surface area contributed by atoms with E-state index in [1.807, 2.05) is 13.0 Å². The first-order valence-electron chi connectivity index (χ1n) is 9.16. The quantitative estimate of drug-likeness (QED) is 0.460. The van der Waals surface area contributed by atoms with E-state index in [0.717, 1.165) is 36.7 Å². The van der Waals surface area contributed by atoms with Crippen LogP contribution in [-0.4, -0.2) is 20.9 Å². The van der Waals surface area contributed by atoms with Crippen LogP contribution in [0.3, 0.4) is 0 Å². The van der Waals surface area contributed by atoms with E-state index >= 15 is 0 Å². The van der Waals surface area contributed by atoms with Crippen LogP contribution in [0.4, 0.5) is 13.2 Å². The van der Waals surface area contributed by atoms with Gasteiger partial charge < -0.3 is 9.30 Å². The molecule has 0 saturated heterocycles. The summed E-state index contributed by atoms with van der Waals surface area (Å²) in [5.41, 5.74) is 2.68. The van der Waals surface area contributed by atoms with E-state index in [1.54, 1.807) is 6.20 Å². The Bertz CT molecular complexity index is 985. The topological polar surface area (TPSA) is 39.9 Å². The molecule has 0 fully saturated rings. The molecule has 150 valence electrons. The van der Waals surface area contributed by atoms with Crippen molar-refractivity contribution in [2.75, 3.05) is 0 Å². The molecule has 1 atom stereocenters. The van der Waals surface area contributed by atoms with Crippen molar-refractivity contribution in [1.29, 1.82) is 0 Å². The summed E-state index contributed by atoms with van der Waals surface area (Å²) >= 11 is 6.26. The normalized spacial score (nSPS) is 13.1. The lowest BCUT2D eigenvalue weighted by Crippen LogP contribution is -2.17. The molecule has 2 aromatic heterocycles. The molecule has 3 aromatic rings. The SMILES string of the molecule is CCC[C@H](C)n1c(CC)nc2c(-c3ccc(OC(F)(F)F)cc3Cl)nccc21. The van der Waals surface area contributed by atoms with Gasteiger partial charge in [0.15, 0.2) is 0 Å². The standard InChI is InChI=1S/C20H21ClF3N3O/c1-4-6-12(3)27-16-9-10-25-18(19(16)26-17(27)5-2)14-8-7-13(11-15(14)21)28-20(22,23)24/h7-12H,4-6H2,1-3H3/t12-/m0/s1. The zero-order chi connectivity index (χ0) is 20.5. The number of rotatable bonds is 6. The first-order chi connectivity index (χ1) is 13.2. The van der Waals surface area contributed by atoms with Gasteiger partial charge in [-0.25, -0.2) is 4.98 Å². The average molecular weight is 412 g/mol. The Kier molecular flexibility index (Phi) is 5.84. The number of imidazole rings is 1. The van der Waals surface area contributed by atoms with Crippen LogP contribution < -0.4 is 4.74 Å². The molecule has 1 aromatic carbocycles. The number of pyridine rings is 1. The summed E-state index contributed by atoms with van der Waals surface area (Å²) in [5.74, 6) is 0.572. The average Bonchev–Trinajstić information content (AvgIpc) is 2.99. The van der Waals surface area contributed by atoms with Crippen molar-refractivity contribution in [2.24, 2.45) is 0 Å². The second kappa shape index (κ2) is 7.99. The Hall–Kier alpha value is -2.28. The van der Waals surface area contributed by atoms with E-state index in [1.165, 1.54) is 12.1 Å². The third-order valence-corrected chi connectivity index (χ3v) is 4.89. The second-order valence-electron chi connectivity index (χ2n) is 6.61. The molecule has 2 heterocycles. The van der Waals surface area contributed by atoms with Gasteiger partial charge in [-0.2, -0.15) is 0 Å². The molecular formula is C20H21ClF3N3O. The zero-order valence-corrected chi connectivity index (χ0v) is 16.6. The second-order valence-corrected chi connectivity index (χ2v) is 7.01. The lowest BCUT2D eigenvalue weighted by Gasteiger charge is -2.16. The van der Waals surface area contributed by atoms with Crippen LogP contribution in [-0.2, 0) is 6.42 Å². The number of nitrogens with zero attached hydrogens (tertiary/aromatic N) is 3. The van der Waals surface area contributed by atoms with Gasteiger partial charge in [0.25, 0.3) is 0 Å². The molecule has 0 aliphatic carbocycles. The van der Waals surface area contributed by atoms with Crippen LogP contribution >= 0.6 is 11.6 Å². The fraction of sp³-hybridized carbons (Fsp3) is 0.400. The van der Waals surface area contributed by atoms with Crippen LogP contribution in [0.1, 0.15) is 45.5 Å². The first-order valence-corrected chi connectivity index (χ1v) is 9.54. The largest absolute Gasteiger partial charge is 0.573 e.